The predicted molar refractivity (Wildman–Crippen MR) is 75.0 cm³/mol. The lowest BCUT2D eigenvalue weighted by atomic mass is 10.0. The second kappa shape index (κ2) is 5.63. The Morgan fingerprint density at radius 1 is 1.61 bits per heavy atom. The van der Waals surface area contributed by atoms with Crippen molar-refractivity contribution in [2.75, 3.05) is 24.6 Å². The first-order valence-corrected chi connectivity index (χ1v) is 7.07. The first-order valence-electron chi connectivity index (χ1n) is 6.02. The average molecular weight is 266 g/mol. The Morgan fingerprint density at radius 3 is 3.06 bits per heavy atom. The van der Waals surface area contributed by atoms with Gasteiger partial charge in [0.1, 0.15) is 0 Å². The number of nitrogens with two attached hydrogens (primary N) is 1. The maximum Gasteiger partial charge on any atom is 0.338 e. The van der Waals surface area contributed by atoms with Gasteiger partial charge in [-0.3, -0.25) is 4.90 Å². The molecule has 0 spiro atoms. The second-order valence-electron chi connectivity index (χ2n) is 4.60. The first-order chi connectivity index (χ1) is 8.58. The number of carbonyl (C=O) groups is 1. The topological polar surface area (TPSA) is 66.6 Å². The zero-order chi connectivity index (χ0) is 13.1. The molecule has 0 bridgehead atoms. The molecular formula is C13H18N2O2S. The summed E-state index contributed by atoms with van der Waals surface area (Å²) in [5.74, 6) is 0.161. The van der Waals surface area contributed by atoms with Crippen molar-refractivity contribution in [3.8, 4) is 0 Å². The standard InChI is InChI=1S/C13H18N2O2S/c1-9-7-15(5-6-18-9)8-10-3-2-4-11(14)12(10)13(16)17/h2-4,9H,5-8,14H2,1H3,(H,16,17). The van der Waals surface area contributed by atoms with Crippen LogP contribution in [0.4, 0.5) is 5.69 Å². The molecule has 0 saturated carbocycles. The fraction of sp³-hybridized carbons (Fsp3) is 0.462. The summed E-state index contributed by atoms with van der Waals surface area (Å²) in [6.07, 6.45) is 0. The lowest BCUT2D eigenvalue weighted by molar-refractivity contribution is 0.0695. The summed E-state index contributed by atoms with van der Waals surface area (Å²) in [5, 5.41) is 9.83. The van der Waals surface area contributed by atoms with Crippen LogP contribution >= 0.6 is 11.8 Å². The third-order valence-corrected chi connectivity index (χ3v) is 4.25. The van der Waals surface area contributed by atoms with Crippen LogP contribution < -0.4 is 5.73 Å². The molecule has 3 N–H and O–H groups in total. The SMILES string of the molecule is CC1CN(Cc2cccc(N)c2C(=O)O)CCS1. The first kappa shape index (κ1) is 13.2. The van der Waals surface area contributed by atoms with Crippen molar-refractivity contribution < 1.29 is 9.90 Å². The average Bonchev–Trinajstić information content (AvgIpc) is 2.28. The van der Waals surface area contributed by atoms with Crippen LogP contribution in [0, 0.1) is 0 Å². The van der Waals surface area contributed by atoms with Crippen LogP contribution in [0.15, 0.2) is 18.2 Å². The molecule has 1 unspecified atom stereocenters. The van der Waals surface area contributed by atoms with Crippen LogP contribution in [-0.4, -0.2) is 40.1 Å². The highest BCUT2D eigenvalue weighted by Gasteiger charge is 2.20. The van der Waals surface area contributed by atoms with E-state index in [0.29, 0.717) is 17.5 Å². The predicted octanol–water partition coefficient (Wildman–Crippen LogP) is 1.90. The molecule has 1 aromatic carbocycles. The van der Waals surface area contributed by atoms with Crippen molar-refractivity contribution in [3.05, 3.63) is 29.3 Å². The van der Waals surface area contributed by atoms with E-state index in [1.54, 1.807) is 6.07 Å². The van der Waals surface area contributed by atoms with Crippen LogP contribution in [0.5, 0.6) is 0 Å². The summed E-state index contributed by atoms with van der Waals surface area (Å²) < 4.78 is 0. The maximum atomic E-state index is 11.2. The monoisotopic (exact) mass is 266 g/mol. The lowest BCUT2D eigenvalue weighted by Gasteiger charge is -2.30. The highest BCUT2D eigenvalue weighted by atomic mass is 32.2. The Morgan fingerprint density at radius 2 is 2.39 bits per heavy atom. The fourth-order valence-corrected chi connectivity index (χ4v) is 3.37. The van der Waals surface area contributed by atoms with E-state index < -0.39 is 5.97 Å². The zero-order valence-electron chi connectivity index (χ0n) is 10.4. The van der Waals surface area contributed by atoms with E-state index in [0.717, 1.165) is 24.4 Å². The molecule has 1 saturated heterocycles. The molecule has 18 heavy (non-hydrogen) atoms. The number of anilines is 1. The van der Waals surface area contributed by atoms with Gasteiger partial charge in [-0.25, -0.2) is 4.79 Å². The minimum atomic E-state index is -0.942. The summed E-state index contributed by atoms with van der Waals surface area (Å²) in [4.78, 5) is 13.5. The van der Waals surface area contributed by atoms with Gasteiger partial charge in [-0.2, -0.15) is 11.8 Å². The molecule has 2 rings (SSSR count). The molecule has 4 nitrogen and oxygen atoms in total. The maximum absolute atomic E-state index is 11.2. The Hall–Kier alpha value is -1.20. The van der Waals surface area contributed by atoms with Crippen LogP contribution in [-0.2, 0) is 6.54 Å². The van der Waals surface area contributed by atoms with Gasteiger partial charge in [0.15, 0.2) is 0 Å². The van der Waals surface area contributed by atoms with Gasteiger partial charge in [0, 0.05) is 36.3 Å². The van der Waals surface area contributed by atoms with Gasteiger partial charge in [-0.15, -0.1) is 0 Å². The van der Waals surface area contributed by atoms with Crippen LogP contribution in [0.2, 0.25) is 0 Å². The number of carboxylic acid groups (broad SMARTS) is 1. The fourth-order valence-electron chi connectivity index (χ4n) is 2.29. The number of nitrogen functional groups attached to an aromatic ring is 1. The third kappa shape index (κ3) is 2.97. The molecule has 1 aliphatic heterocycles. The van der Waals surface area contributed by atoms with Gasteiger partial charge in [0.05, 0.1) is 5.56 Å². The molecule has 0 radical (unpaired) electrons. The summed E-state index contributed by atoms with van der Waals surface area (Å²) in [5.41, 5.74) is 7.16. The van der Waals surface area contributed by atoms with Crippen LogP contribution in [0.3, 0.4) is 0 Å². The molecule has 1 fully saturated rings. The highest BCUT2D eigenvalue weighted by Crippen LogP contribution is 2.23. The van der Waals surface area contributed by atoms with Gasteiger partial charge in [0.2, 0.25) is 0 Å². The molecule has 5 heteroatoms. The second-order valence-corrected chi connectivity index (χ2v) is 6.15. The van der Waals surface area contributed by atoms with E-state index in [2.05, 4.69) is 11.8 Å². The molecule has 98 valence electrons. The third-order valence-electron chi connectivity index (χ3n) is 3.12. The van der Waals surface area contributed by atoms with E-state index in [4.69, 9.17) is 5.73 Å². The number of rotatable bonds is 3. The number of nitrogens with zero attached hydrogens (tertiary/aromatic N) is 1. The molecule has 0 amide bonds. The normalized spacial score (nSPS) is 20.8. The van der Waals surface area contributed by atoms with E-state index >= 15 is 0 Å². The van der Waals surface area contributed by atoms with E-state index in [1.165, 1.54) is 0 Å². The zero-order valence-corrected chi connectivity index (χ0v) is 11.2. The van der Waals surface area contributed by atoms with Crippen molar-refractivity contribution in [1.29, 1.82) is 0 Å². The van der Waals surface area contributed by atoms with Crippen molar-refractivity contribution in [1.82, 2.24) is 4.90 Å². The molecule has 1 aromatic rings. The van der Waals surface area contributed by atoms with Gasteiger partial charge >= 0.3 is 5.97 Å². The highest BCUT2D eigenvalue weighted by molar-refractivity contribution is 7.99. The minimum Gasteiger partial charge on any atom is -0.478 e. The Kier molecular flexibility index (Phi) is 4.14. The van der Waals surface area contributed by atoms with Gasteiger partial charge in [-0.05, 0) is 11.6 Å². The Bertz CT molecular complexity index is 451. The van der Waals surface area contributed by atoms with Crippen molar-refractivity contribution in [2.24, 2.45) is 0 Å². The molecule has 0 aliphatic carbocycles. The summed E-state index contributed by atoms with van der Waals surface area (Å²) >= 11 is 1.96. The summed E-state index contributed by atoms with van der Waals surface area (Å²) in [6, 6.07) is 5.31. The minimum absolute atomic E-state index is 0.253. The lowest BCUT2D eigenvalue weighted by Crippen LogP contribution is -2.36. The van der Waals surface area contributed by atoms with Gasteiger partial charge in [-0.1, -0.05) is 19.1 Å². The number of carboxylic acids is 1. The molecule has 0 aromatic heterocycles. The van der Waals surface area contributed by atoms with Gasteiger partial charge in [0.25, 0.3) is 0 Å². The molecular weight excluding hydrogens is 248 g/mol. The number of hydrogen-bond donors (Lipinski definition) is 2. The van der Waals surface area contributed by atoms with Crippen molar-refractivity contribution in [2.45, 2.75) is 18.7 Å². The molecule has 1 aliphatic rings. The van der Waals surface area contributed by atoms with E-state index in [9.17, 15) is 9.90 Å². The summed E-state index contributed by atoms with van der Waals surface area (Å²) in [7, 11) is 0. The largest absolute Gasteiger partial charge is 0.478 e. The van der Waals surface area contributed by atoms with Crippen molar-refractivity contribution >= 4 is 23.4 Å². The van der Waals surface area contributed by atoms with Gasteiger partial charge < -0.3 is 10.8 Å². The Labute approximate surface area is 111 Å². The smallest absolute Gasteiger partial charge is 0.338 e. The number of benzene rings is 1. The van der Waals surface area contributed by atoms with Crippen LogP contribution in [0.1, 0.15) is 22.8 Å². The van der Waals surface area contributed by atoms with Crippen molar-refractivity contribution in [3.63, 3.8) is 0 Å². The number of hydrogen-bond acceptors (Lipinski definition) is 4. The molecule has 1 heterocycles. The van der Waals surface area contributed by atoms with E-state index in [-0.39, 0.29) is 5.56 Å². The quantitative estimate of drug-likeness (QED) is 0.818. The number of thioether (sulfide) groups is 1. The van der Waals surface area contributed by atoms with Crippen LogP contribution in [0.25, 0.3) is 0 Å². The Balaban J connectivity index is 2.18. The van der Waals surface area contributed by atoms with E-state index in [1.807, 2.05) is 23.9 Å². The molecule has 1 atom stereocenters. The summed E-state index contributed by atoms with van der Waals surface area (Å²) in [6.45, 7) is 4.87. The number of aromatic carboxylic acids is 1.